The Labute approximate surface area is 149 Å². The van der Waals surface area contributed by atoms with E-state index in [1.165, 1.54) is 5.56 Å². The van der Waals surface area contributed by atoms with Gasteiger partial charge in [-0.2, -0.15) is 10.2 Å². The molecule has 136 valence electrons. The molecule has 0 radical (unpaired) electrons. The van der Waals surface area contributed by atoms with E-state index < -0.39 is 0 Å². The van der Waals surface area contributed by atoms with Crippen molar-refractivity contribution >= 4 is 5.91 Å². The van der Waals surface area contributed by atoms with Gasteiger partial charge in [-0.25, -0.2) is 0 Å². The summed E-state index contributed by atoms with van der Waals surface area (Å²) in [6, 6.07) is 2.00. The van der Waals surface area contributed by atoms with Gasteiger partial charge in [0.05, 0.1) is 11.4 Å². The van der Waals surface area contributed by atoms with Crippen LogP contribution in [0.3, 0.4) is 0 Å². The Balaban J connectivity index is 1.52. The number of aromatic nitrogens is 4. The minimum absolute atomic E-state index is 0.154. The summed E-state index contributed by atoms with van der Waals surface area (Å²) in [6.45, 7) is 13.6. The van der Waals surface area contributed by atoms with Crippen molar-refractivity contribution in [2.24, 2.45) is 0 Å². The van der Waals surface area contributed by atoms with Crippen LogP contribution < -0.4 is 0 Å². The van der Waals surface area contributed by atoms with Crippen LogP contribution in [-0.2, 0) is 24.4 Å². The minimum atomic E-state index is 0.154. The number of aryl methyl sites for hydroxylation is 4. The molecule has 2 aromatic heterocycles. The van der Waals surface area contributed by atoms with Gasteiger partial charge in [-0.3, -0.25) is 19.1 Å². The van der Waals surface area contributed by atoms with E-state index in [0.717, 1.165) is 56.4 Å². The van der Waals surface area contributed by atoms with Crippen molar-refractivity contribution in [3.05, 3.63) is 34.9 Å². The number of piperazine rings is 1. The first-order valence-corrected chi connectivity index (χ1v) is 9.00. The van der Waals surface area contributed by atoms with Gasteiger partial charge in [0.2, 0.25) is 5.91 Å². The molecule has 1 saturated heterocycles. The van der Waals surface area contributed by atoms with Gasteiger partial charge in [0, 0.05) is 56.7 Å². The maximum Gasteiger partial charge on any atom is 0.244 e. The van der Waals surface area contributed by atoms with Gasteiger partial charge in [0.1, 0.15) is 6.54 Å². The molecular weight excluding hydrogens is 316 g/mol. The van der Waals surface area contributed by atoms with E-state index >= 15 is 0 Å². The zero-order chi connectivity index (χ0) is 18.0. The third-order valence-corrected chi connectivity index (χ3v) is 4.88. The molecule has 7 heteroatoms. The van der Waals surface area contributed by atoms with Crippen LogP contribution in [0.25, 0.3) is 0 Å². The van der Waals surface area contributed by atoms with E-state index in [9.17, 15) is 4.79 Å². The molecule has 0 unspecified atom stereocenters. The topological polar surface area (TPSA) is 59.2 Å². The lowest BCUT2D eigenvalue weighted by Crippen LogP contribution is -2.49. The summed E-state index contributed by atoms with van der Waals surface area (Å²) in [5.74, 6) is 0.154. The number of carbonyl (C=O) groups is 1. The van der Waals surface area contributed by atoms with E-state index in [1.807, 2.05) is 29.5 Å². The highest BCUT2D eigenvalue weighted by Gasteiger charge is 2.22. The van der Waals surface area contributed by atoms with Crippen LogP contribution in [0, 0.1) is 20.8 Å². The second-order valence-corrected chi connectivity index (χ2v) is 6.84. The number of hydrogen-bond donors (Lipinski definition) is 0. The summed E-state index contributed by atoms with van der Waals surface area (Å²) in [5.41, 5.74) is 4.38. The van der Waals surface area contributed by atoms with Crippen LogP contribution >= 0.6 is 0 Å². The van der Waals surface area contributed by atoms with Crippen molar-refractivity contribution in [3.63, 3.8) is 0 Å². The molecule has 0 N–H and O–H groups in total. The van der Waals surface area contributed by atoms with Gasteiger partial charge in [-0.05, 0) is 33.8 Å². The summed E-state index contributed by atoms with van der Waals surface area (Å²) < 4.78 is 3.78. The van der Waals surface area contributed by atoms with Crippen molar-refractivity contribution in [1.29, 1.82) is 0 Å². The molecule has 3 rings (SSSR count). The Hall–Kier alpha value is -2.15. The Bertz CT molecular complexity index is 739. The number of carbonyl (C=O) groups excluding carboxylic acids is 1. The maximum absolute atomic E-state index is 12.5. The lowest BCUT2D eigenvalue weighted by atomic mass is 10.2. The van der Waals surface area contributed by atoms with E-state index in [-0.39, 0.29) is 5.91 Å². The van der Waals surface area contributed by atoms with Crippen LogP contribution in [0.2, 0.25) is 0 Å². The molecule has 0 aromatic carbocycles. The highest BCUT2D eigenvalue weighted by Crippen LogP contribution is 2.12. The third-order valence-electron chi connectivity index (χ3n) is 4.88. The van der Waals surface area contributed by atoms with Crippen molar-refractivity contribution in [3.8, 4) is 0 Å². The summed E-state index contributed by atoms with van der Waals surface area (Å²) in [7, 11) is 0. The molecule has 1 amide bonds. The lowest BCUT2D eigenvalue weighted by Gasteiger charge is -2.34. The largest absolute Gasteiger partial charge is 0.339 e. The quantitative estimate of drug-likeness (QED) is 0.822. The van der Waals surface area contributed by atoms with Crippen molar-refractivity contribution < 1.29 is 4.79 Å². The standard InChI is InChI=1S/C18H28N6O/c1-5-23-12-17(16(4)20-23)11-21-6-8-22(9-7-21)18(25)13-24-15(3)10-14(2)19-24/h10,12H,5-9,11,13H2,1-4H3. The highest BCUT2D eigenvalue weighted by molar-refractivity contribution is 5.76. The predicted octanol–water partition coefficient (Wildman–Crippen LogP) is 1.37. The predicted molar refractivity (Wildman–Crippen MR) is 96.2 cm³/mol. The second kappa shape index (κ2) is 7.39. The highest BCUT2D eigenvalue weighted by atomic mass is 16.2. The number of amides is 1. The molecule has 25 heavy (non-hydrogen) atoms. The van der Waals surface area contributed by atoms with E-state index in [4.69, 9.17) is 0 Å². The number of nitrogens with zero attached hydrogens (tertiary/aromatic N) is 6. The minimum Gasteiger partial charge on any atom is -0.339 e. The third kappa shape index (κ3) is 4.10. The lowest BCUT2D eigenvalue weighted by molar-refractivity contribution is -0.133. The molecule has 3 heterocycles. The van der Waals surface area contributed by atoms with Crippen molar-refractivity contribution in [2.45, 2.75) is 47.3 Å². The van der Waals surface area contributed by atoms with Gasteiger partial charge in [0.15, 0.2) is 0 Å². The van der Waals surface area contributed by atoms with Crippen molar-refractivity contribution in [2.75, 3.05) is 26.2 Å². The molecule has 1 fully saturated rings. The first kappa shape index (κ1) is 17.7. The Kier molecular flexibility index (Phi) is 5.22. The van der Waals surface area contributed by atoms with Crippen LogP contribution in [0.4, 0.5) is 0 Å². The van der Waals surface area contributed by atoms with Crippen molar-refractivity contribution in [1.82, 2.24) is 29.4 Å². The van der Waals surface area contributed by atoms with Gasteiger partial charge in [0.25, 0.3) is 0 Å². The molecule has 7 nitrogen and oxygen atoms in total. The fourth-order valence-electron chi connectivity index (χ4n) is 3.34. The SMILES string of the molecule is CCn1cc(CN2CCN(C(=O)Cn3nc(C)cc3C)CC2)c(C)n1. The molecule has 0 spiro atoms. The smallest absolute Gasteiger partial charge is 0.244 e. The molecule has 0 atom stereocenters. The zero-order valence-corrected chi connectivity index (χ0v) is 15.7. The molecule has 0 aliphatic carbocycles. The first-order valence-electron chi connectivity index (χ1n) is 9.00. The van der Waals surface area contributed by atoms with Crippen LogP contribution in [0.1, 0.15) is 29.6 Å². The molecule has 0 bridgehead atoms. The Morgan fingerprint density at radius 2 is 1.84 bits per heavy atom. The molecule has 0 saturated carbocycles. The number of hydrogen-bond acceptors (Lipinski definition) is 4. The fraction of sp³-hybridized carbons (Fsp3) is 0.611. The number of rotatable bonds is 5. The van der Waals surface area contributed by atoms with Gasteiger partial charge >= 0.3 is 0 Å². The first-order chi connectivity index (χ1) is 12.0. The summed E-state index contributed by atoms with van der Waals surface area (Å²) in [6.07, 6.45) is 2.13. The second-order valence-electron chi connectivity index (χ2n) is 6.84. The molecule has 2 aromatic rings. The van der Waals surface area contributed by atoms with Gasteiger partial charge in [-0.15, -0.1) is 0 Å². The van der Waals surface area contributed by atoms with Gasteiger partial charge < -0.3 is 4.90 Å². The average Bonchev–Trinajstić information content (AvgIpc) is 3.10. The Morgan fingerprint density at radius 1 is 1.12 bits per heavy atom. The van der Waals surface area contributed by atoms with E-state index in [1.54, 1.807) is 4.68 Å². The zero-order valence-electron chi connectivity index (χ0n) is 15.7. The fourth-order valence-corrected chi connectivity index (χ4v) is 3.34. The maximum atomic E-state index is 12.5. The summed E-state index contributed by atoms with van der Waals surface area (Å²) >= 11 is 0. The normalized spacial score (nSPS) is 15.8. The van der Waals surface area contributed by atoms with Crippen LogP contribution in [0.5, 0.6) is 0 Å². The Morgan fingerprint density at radius 3 is 2.40 bits per heavy atom. The van der Waals surface area contributed by atoms with Crippen LogP contribution in [-0.4, -0.2) is 61.4 Å². The molecule has 1 aliphatic heterocycles. The molecular formula is C18H28N6O. The van der Waals surface area contributed by atoms with Crippen LogP contribution in [0.15, 0.2) is 12.3 Å². The summed E-state index contributed by atoms with van der Waals surface area (Å²) in [5, 5.41) is 8.90. The average molecular weight is 344 g/mol. The monoisotopic (exact) mass is 344 g/mol. The molecule has 1 aliphatic rings. The van der Waals surface area contributed by atoms with E-state index in [2.05, 4.69) is 35.1 Å². The summed E-state index contributed by atoms with van der Waals surface area (Å²) in [4.78, 5) is 16.9. The van der Waals surface area contributed by atoms with Gasteiger partial charge in [-0.1, -0.05) is 0 Å². The van der Waals surface area contributed by atoms with E-state index in [0.29, 0.717) is 6.54 Å².